The monoisotopic (exact) mass is 518 g/mol. The van der Waals surface area contributed by atoms with Gasteiger partial charge in [-0.3, -0.25) is 14.5 Å². The third kappa shape index (κ3) is 6.73. The zero-order chi connectivity index (χ0) is 26.6. The third-order valence-electron chi connectivity index (χ3n) is 6.18. The van der Waals surface area contributed by atoms with E-state index in [0.29, 0.717) is 31.7 Å². The van der Waals surface area contributed by atoms with E-state index in [9.17, 15) is 27.2 Å². The number of oxazole rings is 1. The number of aromatic nitrogens is 1. The van der Waals surface area contributed by atoms with Crippen molar-refractivity contribution in [3.05, 3.63) is 88.9 Å². The van der Waals surface area contributed by atoms with Gasteiger partial charge in [0.2, 0.25) is 11.8 Å². The number of carbonyl (C=O) groups excluding carboxylic acids is 2. The molecule has 3 aromatic rings. The first kappa shape index (κ1) is 26.3. The largest absolute Gasteiger partial charge is 0.447 e. The molecule has 1 aliphatic rings. The molecular weight excluding hydrogens is 492 g/mol. The first-order chi connectivity index (χ1) is 17.6. The maximum absolute atomic E-state index is 13.6. The van der Waals surface area contributed by atoms with Crippen molar-refractivity contribution < 1.29 is 31.6 Å². The Kier molecular flexibility index (Phi) is 7.91. The topological polar surface area (TPSA) is 69.9 Å². The average Bonchev–Trinajstić information content (AvgIpc) is 3.33. The predicted octanol–water partition coefficient (Wildman–Crippen LogP) is 4.34. The van der Waals surface area contributed by atoms with Crippen LogP contribution < -0.4 is 0 Å². The first-order valence-electron chi connectivity index (χ1n) is 11.7. The standard InChI is InChI=1S/C26H26F4N4O3/c1-18(35)33-10-12-34(13-11-33)25(36)23-17-37-24(31-23)16-32(14-19-6-8-21(27)9-7-19)15-20-4-2-3-5-22(20)26(28,29)30/h2-9,17H,10-16H2,1H3. The molecule has 2 amide bonds. The van der Waals surface area contributed by atoms with Gasteiger partial charge in [-0.1, -0.05) is 30.3 Å². The Morgan fingerprint density at radius 1 is 0.946 bits per heavy atom. The van der Waals surface area contributed by atoms with Crippen molar-refractivity contribution in [2.45, 2.75) is 32.7 Å². The van der Waals surface area contributed by atoms with Crippen LogP contribution in [0.5, 0.6) is 0 Å². The number of hydrogen-bond acceptors (Lipinski definition) is 5. The Hall–Kier alpha value is -3.73. The molecule has 1 aliphatic heterocycles. The van der Waals surface area contributed by atoms with Gasteiger partial charge in [-0.25, -0.2) is 9.37 Å². The maximum Gasteiger partial charge on any atom is 0.416 e. The summed E-state index contributed by atoms with van der Waals surface area (Å²) in [6, 6.07) is 11.0. The number of alkyl halides is 3. The fourth-order valence-corrected chi connectivity index (χ4v) is 4.25. The summed E-state index contributed by atoms with van der Waals surface area (Å²) in [7, 11) is 0. The molecule has 1 saturated heterocycles. The number of nitrogens with zero attached hydrogens (tertiary/aromatic N) is 4. The van der Waals surface area contributed by atoms with E-state index in [-0.39, 0.29) is 48.6 Å². The maximum atomic E-state index is 13.6. The molecule has 0 atom stereocenters. The number of carbonyl (C=O) groups is 2. The second-order valence-corrected chi connectivity index (χ2v) is 8.85. The first-order valence-corrected chi connectivity index (χ1v) is 11.7. The van der Waals surface area contributed by atoms with E-state index in [4.69, 9.17) is 4.42 Å². The summed E-state index contributed by atoms with van der Waals surface area (Å²) < 4.78 is 59.6. The molecule has 11 heteroatoms. The lowest BCUT2D eigenvalue weighted by Crippen LogP contribution is -2.50. The fourth-order valence-electron chi connectivity index (χ4n) is 4.25. The zero-order valence-corrected chi connectivity index (χ0v) is 20.2. The molecule has 0 N–H and O–H groups in total. The van der Waals surface area contributed by atoms with E-state index in [1.807, 2.05) is 0 Å². The van der Waals surface area contributed by atoms with E-state index >= 15 is 0 Å². The van der Waals surface area contributed by atoms with Gasteiger partial charge in [0.15, 0.2) is 5.69 Å². The number of benzene rings is 2. The van der Waals surface area contributed by atoms with Gasteiger partial charge in [0.25, 0.3) is 5.91 Å². The molecule has 0 radical (unpaired) electrons. The van der Waals surface area contributed by atoms with Gasteiger partial charge >= 0.3 is 6.18 Å². The van der Waals surface area contributed by atoms with Crippen LogP contribution in [0.1, 0.15) is 40.0 Å². The molecule has 0 unspecified atom stereocenters. The summed E-state index contributed by atoms with van der Waals surface area (Å²) in [6.45, 7) is 3.21. The smallest absolute Gasteiger partial charge is 0.416 e. The number of piperazine rings is 1. The molecule has 2 aromatic carbocycles. The van der Waals surface area contributed by atoms with Crippen LogP contribution >= 0.6 is 0 Å². The molecule has 7 nitrogen and oxygen atoms in total. The molecule has 0 bridgehead atoms. The summed E-state index contributed by atoms with van der Waals surface area (Å²) in [5.74, 6) is -0.648. The van der Waals surface area contributed by atoms with Crippen molar-refractivity contribution in [1.82, 2.24) is 19.7 Å². The molecule has 0 saturated carbocycles. The fraction of sp³-hybridized carbons (Fsp3) is 0.346. The highest BCUT2D eigenvalue weighted by Gasteiger charge is 2.33. The molecule has 2 heterocycles. The number of rotatable bonds is 7. The molecule has 4 rings (SSSR count). The second-order valence-electron chi connectivity index (χ2n) is 8.85. The summed E-state index contributed by atoms with van der Waals surface area (Å²) >= 11 is 0. The van der Waals surface area contributed by atoms with Crippen molar-refractivity contribution in [2.24, 2.45) is 0 Å². The van der Waals surface area contributed by atoms with Crippen LogP contribution in [0.2, 0.25) is 0 Å². The lowest BCUT2D eigenvalue weighted by molar-refractivity contribution is -0.138. The Balaban J connectivity index is 1.51. The molecule has 1 aromatic heterocycles. The minimum Gasteiger partial charge on any atom is -0.447 e. The van der Waals surface area contributed by atoms with Crippen LogP contribution in [0.15, 0.2) is 59.2 Å². The zero-order valence-electron chi connectivity index (χ0n) is 20.2. The molecule has 0 spiro atoms. The van der Waals surface area contributed by atoms with Gasteiger partial charge < -0.3 is 14.2 Å². The van der Waals surface area contributed by atoms with Gasteiger partial charge in [-0.15, -0.1) is 0 Å². The van der Waals surface area contributed by atoms with Crippen molar-refractivity contribution in [2.75, 3.05) is 26.2 Å². The van der Waals surface area contributed by atoms with Crippen molar-refractivity contribution in [3.8, 4) is 0 Å². The quantitative estimate of drug-likeness (QED) is 0.436. The minimum absolute atomic E-state index is 0.0228. The van der Waals surface area contributed by atoms with Gasteiger partial charge in [-0.05, 0) is 29.3 Å². The second kappa shape index (κ2) is 11.1. The highest BCUT2D eigenvalue weighted by atomic mass is 19.4. The summed E-state index contributed by atoms with van der Waals surface area (Å²) in [5, 5.41) is 0. The van der Waals surface area contributed by atoms with Crippen molar-refractivity contribution in [3.63, 3.8) is 0 Å². The van der Waals surface area contributed by atoms with E-state index in [1.165, 1.54) is 43.5 Å². The summed E-state index contributed by atoms with van der Waals surface area (Å²) in [5.41, 5.74) is 0.108. The van der Waals surface area contributed by atoms with E-state index < -0.39 is 17.6 Å². The van der Waals surface area contributed by atoms with Crippen LogP contribution in [-0.2, 0) is 30.6 Å². The highest BCUT2D eigenvalue weighted by molar-refractivity contribution is 5.92. The summed E-state index contributed by atoms with van der Waals surface area (Å²) in [4.78, 5) is 33.6. The van der Waals surface area contributed by atoms with Crippen LogP contribution in [0, 0.1) is 5.82 Å². The lowest BCUT2D eigenvalue weighted by Gasteiger charge is -2.33. The van der Waals surface area contributed by atoms with Gasteiger partial charge in [-0.2, -0.15) is 13.2 Å². The van der Waals surface area contributed by atoms with Crippen LogP contribution in [0.4, 0.5) is 17.6 Å². The van der Waals surface area contributed by atoms with Gasteiger partial charge in [0.05, 0.1) is 12.1 Å². The average molecular weight is 519 g/mol. The van der Waals surface area contributed by atoms with Gasteiger partial charge in [0, 0.05) is 46.2 Å². The molecule has 0 aliphatic carbocycles. The molecule has 1 fully saturated rings. The predicted molar refractivity (Wildman–Crippen MR) is 125 cm³/mol. The molecule has 37 heavy (non-hydrogen) atoms. The number of hydrogen-bond donors (Lipinski definition) is 0. The number of amides is 2. The lowest BCUT2D eigenvalue weighted by atomic mass is 10.1. The Labute approximate surface area is 211 Å². The van der Waals surface area contributed by atoms with Crippen LogP contribution in [0.25, 0.3) is 0 Å². The van der Waals surface area contributed by atoms with Crippen LogP contribution in [0.3, 0.4) is 0 Å². The van der Waals surface area contributed by atoms with Crippen molar-refractivity contribution in [1.29, 1.82) is 0 Å². The van der Waals surface area contributed by atoms with Crippen LogP contribution in [-0.4, -0.2) is 57.7 Å². The SMILES string of the molecule is CC(=O)N1CCN(C(=O)c2coc(CN(Cc3ccc(F)cc3)Cc3ccccc3C(F)(F)F)n2)CC1. The van der Waals surface area contributed by atoms with E-state index in [1.54, 1.807) is 26.8 Å². The summed E-state index contributed by atoms with van der Waals surface area (Å²) in [6.07, 6.45) is -3.29. The number of halogens is 4. The van der Waals surface area contributed by atoms with Crippen molar-refractivity contribution >= 4 is 11.8 Å². The molecule has 196 valence electrons. The normalized spacial score (nSPS) is 14.3. The highest BCUT2D eigenvalue weighted by Crippen LogP contribution is 2.32. The Morgan fingerprint density at radius 3 is 2.24 bits per heavy atom. The van der Waals surface area contributed by atoms with E-state index in [2.05, 4.69) is 4.98 Å². The third-order valence-corrected chi connectivity index (χ3v) is 6.18. The minimum atomic E-state index is -4.52. The van der Waals surface area contributed by atoms with Gasteiger partial charge in [0.1, 0.15) is 12.1 Å². The van der Waals surface area contributed by atoms with E-state index in [0.717, 1.165) is 6.07 Å². The Morgan fingerprint density at radius 2 is 1.59 bits per heavy atom. The Bertz CT molecular complexity index is 1240. The molecular formula is C26H26F4N4O3.